The number of fused-ring (bicyclic) bond motifs is 3. The molecule has 766 valence electrons. The molecule has 0 saturated carbocycles. The monoisotopic (exact) mass is 1970 g/mol. The number of aryl methyl sites for hydroxylation is 3. The Morgan fingerprint density at radius 3 is 0.979 bits per heavy atom. The number of amides is 9. The summed E-state index contributed by atoms with van der Waals surface area (Å²) in [6.07, 6.45) is 12.3. The number of aromatic nitrogens is 6. The molecule has 5 atom stereocenters. The largest absolute Gasteiger partial charge is 0.481 e. The van der Waals surface area contributed by atoms with Gasteiger partial charge in [0.1, 0.15) is 0 Å². The van der Waals surface area contributed by atoms with Gasteiger partial charge in [-0.1, -0.05) is 214 Å². The molecule has 14 rings (SSSR count). The van der Waals surface area contributed by atoms with E-state index in [4.69, 9.17) is 10.2 Å². The average Bonchev–Trinajstić information content (AvgIpc) is 1.75. The first-order valence-corrected chi connectivity index (χ1v) is 50.9. The molecule has 3 aliphatic rings. The van der Waals surface area contributed by atoms with Crippen molar-refractivity contribution in [2.75, 3.05) is 75.0 Å². The Labute approximate surface area is 849 Å². The number of anilines is 3. The lowest BCUT2D eigenvalue weighted by Gasteiger charge is -2.36. The van der Waals surface area contributed by atoms with E-state index in [0.29, 0.717) is 128 Å². The van der Waals surface area contributed by atoms with Crippen LogP contribution in [-0.4, -0.2) is 227 Å². The van der Waals surface area contributed by atoms with Crippen molar-refractivity contribution in [3.63, 3.8) is 0 Å². The van der Waals surface area contributed by atoms with E-state index in [2.05, 4.69) is 62.6 Å². The molecule has 0 radical (unpaired) electrons. The van der Waals surface area contributed by atoms with Crippen LogP contribution in [-0.2, 0) is 69.3 Å². The predicted molar refractivity (Wildman–Crippen MR) is 558 cm³/mol. The standard InChI is InChI=1S/2C41H49N5O6.C32H41N5O4/c1-4-6-19-44(20-7-5-2)41(52)36-21-28(3)46(43-36)37-18-17-33(42-38(48)23-32(24-39(49)50)29-13-9-8-10-14-29)25-35(37)40(51)45-26-31-16-12-11-15-30(31)22-34(45)27-47;1-4-6-19-44(20-7-5-2)41(52)36-21-28(3)46(43-36)37-18-17-33(42-39(50)32(24-38(48)49)22-29-13-9-8-10-14-29)25-35(37)40(51)45-26-31-16-12-11-15-30(31)23-34(45)27-47;1-5-7-15-35(16-8-6-2)32(41)29-17-22(3)37(34-29)30-14-13-26(33-23(4)39)19-28(30)31(40)36-20-25-12-10-9-11-24(25)18-27(36)21-38/h8-18,21,25,32,34,47H,4-7,19-20,22-24,26-27H2,1-3H3,(H,42,48)(H,49,50);8-18,21,25,32,34,47H,4-7,19-20,22-24,26-27H2,1-3H3,(H,42,50)(H,48,49);9-14,17,19,27,38H,5-8,15-16,18,20-21H2,1-4H3,(H,33,39)/t2*32?,34-;27-/m000/s1. The van der Waals surface area contributed by atoms with Crippen LogP contribution in [0.3, 0.4) is 0 Å². The number of aliphatic carboxylic acids is 2. The third-order valence-electron chi connectivity index (χ3n) is 26.8. The maximum Gasteiger partial charge on any atom is 0.304 e. The number of unbranched alkanes of at least 4 members (excludes halogenated alkanes) is 6. The molecular formula is C114H139N15O16. The first kappa shape index (κ1) is 109. The van der Waals surface area contributed by atoms with Crippen LogP contribution in [0.4, 0.5) is 17.1 Å². The fourth-order valence-corrected chi connectivity index (χ4v) is 18.8. The molecule has 0 aliphatic carbocycles. The fraction of sp³-hybridized carbons (Fsp3) is 0.404. The number of carbonyl (C=O) groups is 11. The highest BCUT2D eigenvalue weighted by Crippen LogP contribution is 2.36. The van der Waals surface area contributed by atoms with E-state index < -0.39 is 53.7 Å². The molecule has 2 unspecified atom stereocenters. The second kappa shape index (κ2) is 53.1. The van der Waals surface area contributed by atoms with Crippen LogP contribution in [0, 0.1) is 26.7 Å². The molecule has 8 aromatic carbocycles. The van der Waals surface area contributed by atoms with Gasteiger partial charge in [0.15, 0.2) is 17.1 Å². The Morgan fingerprint density at radius 2 is 0.669 bits per heavy atom. The Morgan fingerprint density at radius 1 is 0.366 bits per heavy atom. The lowest BCUT2D eigenvalue weighted by Crippen LogP contribution is -2.46. The number of rotatable bonds is 43. The number of aliphatic hydroxyl groups excluding tert-OH is 3. The molecule has 0 spiro atoms. The van der Waals surface area contributed by atoms with E-state index in [-0.39, 0.29) is 122 Å². The van der Waals surface area contributed by atoms with Crippen molar-refractivity contribution >= 4 is 82.2 Å². The van der Waals surface area contributed by atoms with E-state index in [1.807, 2.05) is 157 Å². The van der Waals surface area contributed by atoms with E-state index >= 15 is 0 Å². The summed E-state index contributed by atoms with van der Waals surface area (Å²) in [7, 11) is 0. The predicted octanol–water partition coefficient (Wildman–Crippen LogP) is 17.2. The summed E-state index contributed by atoms with van der Waals surface area (Å²) in [6, 6.07) is 60.7. The third-order valence-corrected chi connectivity index (χ3v) is 26.8. The molecule has 6 heterocycles. The van der Waals surface area contributed by atoms with Crippen molar-refractivity contribution in [1.29, 1.82) is 0 Å². The molecule has 31 heteroatoms. The summed E-state index contributed by atoms with van der Waals surface area (Å²) in [6.45, 7) is 23.6. The lowest BCUT2D eigenvalue weighted by atomic mass is 9.92. The quantitative estimate of drug-likeness (QED) is 0.0176. The zero-order valence-corrected chi connectivity index (χ0v) is 85.0. The van der Waals surface area contributed by atoms with Crippen LogP contribution in [0.15, 0.2) is 206 Å². The van der Waals surface area contributed by atoms with Crippen LogP contribution in [0.25, 0.3) is 17.1 Å². The fourth-order valence-electron chi connectivity index (χ4n) is 18.8. The van der Waals surface area contributed by atoms with Gasteiger partial charge >= 0.3 is 11.9 Å². The van der Waals surface area contributed by atoms with Crippen molar-refractivity contribution in [1.82, 2.24) is 58.7 Å². The summed E-state index contributed by atoms with van der Waals surface area (Å²) in [5.74, 6) is -6.11. The zero-order valence-electron chi connectivity index (χ0n) is 85.0. The summed E-state index contributed by atoms with van der Waals surface area (Å²) < 4.78 is 4.80. The SMILES string of the molecule is CCCCN(CCCC)C(=O)c1cc(C)n(-c2ccc(NC(=O)C(CC(=O)O)Cc3ccccc3)cc2C(=O)N2Cc3ccccc3C[C@H]2CO)n1.CCCCN(CCCC)C(=O)c1cc(C)n(-c2ccc(NC(=O)CC(CC(=O)O)c3ccccc3)cc2C(=O)N2Cc3ccccc3C[C@H]2CO)n1.CCCCN(CCCC)C(=O)c1cc(C)n(-c2ccc(NC(C)=O)cc2C(=O)N2Cc3ccccc3C[C@H]2CO)n1. The highest BCUT2D eigenvalue weighted by Gasteiger charge is 2.38. The molecule has 8 N–H and O–H groups in total. The topological polar surface area (TPSA) is 398 Å². The van der Waals surface area contributed by atoms with Crippen LogP contribution in [0.2, 0.25) is 0 Å². The van der Waals surface area contributed by atoms with Crippen molar-refractivity contribution in [2.24, 2.45) is 5.92 Å². The molecule has 0 bridgehead atoms. The van der Waals surface area contributed by atoms with E-state index in [0.717, 1.165) is 122 Å². The first-order valence-electron chi connectivity index (χ1n) is 50.9. The molecule has 3 aromatic heterocycles. The van der Waals surface area contributed by atoms with E-state index in [1.165, 1.54) is 6.92 Å². The van der Waals surface area contributed by atoms with Gasteiger partial charge in [-0.2, -0.15) is 15.3 Å². The van der Waals surface area contributed by atoms with Gasteiger partial charge in [0, 0.05) is 112 Å². The van der Waals surface area contributed by atoms with Crippen LogP contribution in [0.5, 0.6) is 0 Å². The van der Waals surface area contributed by atoms with E-state index in [1.54, 1.807) is 114 Å². The first-order chi connectivity index (χ1) is 70.0. The number of aliphatic hydroxyl groups is 3. The second-order valence-corrected chi connectivity index (χ2v) is 37.8. The summed E-state index contributed by atoms with van der Waals surface area (Å²) in [5.41, 5.74) is 14.0. The molecule has 31 nitrogen and oxygen atoms in total. The number of nitrogens with zero attached hydrogens (tertiary/aromatic N) is 12. The van der Waals surface area contributed by atoms with Gasteiger partial charge in [0.25, 0.3) is 35.4 Å². The number of hydrogen-bond donors (Lipinski definition) is 8. The number of carboxylic acid groups (broad SMARTS) is 2. The lowest BCUT2D eigenvalue weighted by molar-refractivity contribution is -0.140. The van der Waals surface area contributed by atoms with Crippen molar-refractivity contribution < 1.29 is 78.3 Å². The maximum absolute atomic E-state index is 14.6. The van der Waals surface area contributed by atoms with Gasteiger partial charge in [0.2, 0.25) is 17.7 Å². The molecule has 11 aromatic rings. The molecule has 0 fully saturated rings. The minimum absolute atomic E-state index is 0.0763. The van der Waals surface area contributed by atoms with Crippen molar-refractivity contribution in [3.05, 3.63) is 302 Å². The van der Waals surface area contributed by atoms with Gasteiger partial charge in [0.05, 0.1) is 90.5 Å². The van der Waals surface area contributed by atoms with Gasteiger partial charge in [-0.3, -0.25) is 52.7 Å². The minimum atomic E-state index is -1.09. The number of hydrogen-bond acceptors (Lipinski definition) is 17. The van der Waals surface area contributed by atoms with Gasteiger partial charge in [-0.25, -0.2) is 14.0 Å². The summed E-state index contributed by atoms with van der Waals surface area (Å²) in [5, 5.41) is 72.9. The molecular weight excluding hydrogens is 1840 g/mol. The Bertz CT molecular complexity index is 6310. The number of carbonyl (C=O) groups excluding carboxylic acids is 9. The Hall–Kier alpha value is -14.6. The third kappa shape index (κ3) is 28.5. The summed E-state index contributed by atoms with van der Waals surface area (Å²) >= 11 is 0. The minimum Gasteiger partial charge on any atom is -0.481 e. The molecule has 9 amide bonds. The van der Waals surface area contributed by atoms with Crippen LogP contribution in [0.1, 0.15) is 275 Å². The smallest absolute Gasteiger partial charge is 0.304 e. The molecule has 0 saturated heterocycles. The van der Waals surface area contributed by atoms with Crippen molar-refractivity contribution in [2.45, 2.75) is 235 Å². The van der Waals surface area contributed by atoms with E-state index in [9.17, 15) is 78.3 Å². The average molecular weight is 1980 g/mol. The zero-order chi connectivity index (χ0) is 104. The van der Waals surface area contributed by atoms with Crippen molar-refractivity contribution in [3.8, 4) is 17.1 Å². The molecule has 3 aliphatic heterocycles. The Kier molecular flexibility index (Phi) is 40.0. The van der Waals surface area contributed by atoms with Gasteiger partial charge in [-0.05, 0) is 202 Å². The maximum atomic E-state index is 14.6. The highest BCUT2D eigenvalue weighted by molar-refractivity contribution is 6.04. The van der Waals surface area contributed by atoms with Gasteiger partial charge in [-0.15, -0.1) is 0 Å². The highest BCUT2D eigenvalue weighted by atomic mass is 16.4. The summed E-state index contributed by atoms with van der Waals surface area (Å²) in [4.78, 5) is 157. The number of benzene rings is 8. The molecule has 145 heavy (non-hydrogen) atoms. The normalized spacial score (nSPS) is 14.4. The number of carboxylic acids is 2. The second-order valence-electron chi connectivity index (χ2n) is 37.8. The van der Waals surface area contributed by atoms with Crippen LogP contribution < -0.4 is 16.0 Å². The Balaban J connectivity index is 0.000000195. The van der Waals surface area contributed by atoms with Gasteiger partial charge < -0.3 is 70.9 Å². The van der Waals surface area contributed by atoms with Crippen LogP contribution >= 0.6 is 0 Å². The number of nitrogens with one attached hydrogen (secondary N) is 3.